The number of benzene rings is 1. The van der Waals surface area contributed by atoms with Crippen LogP contribution < -0.4 is 10.2 Å². The van der Waals surface area contributed by atoms with Crippen molar-refractivity contribution in [1.82, 2.24) is 24.7 Å². The SMILES string of the molecule is Cc1ccc2c(NC(C)c3nnc4n3CCC4)nc(N(C)CCC(C)(C)C)nc2c1.O=C(O)C(F)(F)F. The summed E-state index contributed by atoms with van der Waals surface area (Å²) >= 11 is 0. The molecule has 12 heteroatoms. The molecule has 0 bridgehead atoms. The Bertz CT molecular complexity index is 1250. The van der Waals surface area contributed by atoms with Crippen LogP contribution in [0.5, 0.6) is 0 Å². The lowest BCUT2D eigenvalue weighted by atomic mass is 9.92. The largest absolute Gasteiger partial charge is 0.490 e. The van der Waals surface area contributed by atoms with Gasteiger partial charge in [0.05, 0.1) is 11.6 Å². The predicted octanol–water partition coefficient (Wildman–Crippen LogP) is 5.15. The normalized spacial score (nSPS) is 14.1. The molecule has 4 rings (SSSR count). The lowest BCUT2D eigenvalue weighted by Gasteiger charge is -2.24. The van der Waals surface area contributed by atoms with E-state index in [0.717, 1.165) is 66.7 Å². The summed E-state index contributed by atoms with van der Waals surface area (Å²) in [6.45, 7) is 12.9. The highest BCUT2D eigenvalue weighted by Gasteiger charge is 2.38. The highest BCUT2D eigenvalue weighted by Crippen LogP contribution is 2.29. The van der Waals surface area contributed by atoms with Crippen molar-refractivity contribution >= 4 is 28.6 Å². The maximum atomic E-state index is 10.6. The van der Waals surface area contributed by atoms with Gasteiger partial charge in [0.25, 0.3) is 0 Å². The molecule has 1 unspecified atom stereocenters. The fraction of sp³-hybridized carbons (Fsp3) is 0.560. The van der Waals surface area contributed by atoms with Gasteiger partial charge in [0, 0.05) is 31.9 Å². The van der Waals surface area contributed by atoms with Crippen LogP contribution in [0.2, 0.25) is 0 Å². The van der Waals surface area contributed by atoms with E-state index in [-0.39, 0.29) is 11.5 Å². The Morgan fingerprint density at radius 2 is 1.89 bits per heavy atom. The predicted molar refractivity (Wildman–Crippen MR) is 136 cm³/mol. The summed E-state index contributed by atoms with van der Waals surface area (Å²) in [5.41, 5.74) is 2.42. The molecule has 37 heavy (non-hydrogen) atoms. The molecule has 1 aromatic carbocycles. The van der Waals surface area contributed by atoms with Gasteiger partial charge < -0.3 is 19.9 Å². The highest BCUT2D eigenvalue weighted by atomic mass is 19.4. The van der Waals surface area contributed by atoms with Gasteiger partial charge in [-0.15, -0.1) is 10.2 Å². The third-order valence-electron chi connectivity index (χ3n) is 6.00. The molecule has 202 valence electrons. The topological polar surface area (TPSA) is 109 Å². The van der Waals surface area contributed by atoms with Crippen LogP contribution in [0.15, 0.2) is 18.2 Å². The van der Waals surface area contributed by atoms with Crippen molar-refractivity contribution in [2.24, 2.45) is 5.41 Å². The van der Waals surface area contributed by atoms with Crippen LogP contribution in [0.1, 0.15) is 63.8 Å². The van der Waals surface area contributed by atoms with Crippen molar-refractivity contribution in [2.75, 3.05) is 23.8 Å². The Balaban J connectivity index is 0.000000479. The van der Waals surface area contributed by atoms with E-state index < -0.39 is 12.1 Å². The number of hydrogen-bond donors (Lipinski definition) is 2. The first-order valence-corrected chi connectivity index (χ1v) is 12.1. The minimum atomic E-state index is -5.08. The van der Waals surface area contributed by atoms with Gasteiger partial charge in [0.1, 0.15) is 11.6 Å². The van der Waals surface area contributed by atoms with E-state index >= 15 is 0 Å². The number of aromatic nitrogens is 5. The number of hydrogen-bond acceptors (Lipinski definition) is 7. The summed E-state index contributed by atoms with van der Waals surface area (Å²) < 4.78 is 34.0. The number of rotatable bonds is 6. The molecule has 0 aliphatic carbocycles. The average Bonchev–Trinajstić information content (AvgIpc) is 3.40. The second-order valence-corrected chi connectivity index (χ2v) is 10.5. The molecular weight excluding hydrogens is 487 g/mol. The van der Waals surface area contributed by atoms with E-state index in [9.17, 15) is 13.2 Å². The molecule has 0 fully saturated rings. The molecule has 2 aromatic heterocycles. The van der Waals surface area contributed by atoms with Gasteiger partial charge in [0.15, 0.2) is 5.82 Å². The Labute approximate surface area is 214 Å². The summed E-state index contributed by atoms with van der Waals surface area (Å²) in [7, 11) is 2.07. The first-order valence-electron chi connectivity index (χ1n) is 12.1. The number of aryl methyl sites for hydroxylation is 2. The fourth-order valence-corrected chi connectivity index (χ4v) is 3.87. The minimum absolute atomic E-state index is 0.0106. The monoisotopic (exact) mass is 521 g/mol. The summed E-state index contributed by atoms with van der Waals surface area (Å²) in [6.07, 6.45) is -1.86. The quantitative estimate of drug-likeness (QED) is 0.458. The first kappa shape index (κ1) is 28.1. The van der Waals surface area contributed by atoms with Gasteiger partial charge in [-0.25, -0.2) is 9.78 Å². The third-order valence-corrected chi connectivity index (χ3v) is 6.00. The van der Waals surface area contributed by atoms with Crippen LogP contribution in [0.3, 0.4) is 0 Å². The lowest BCUT2D eigenvalue weighted by Crippen LogP contribution is -2.25. The number of carbonyl (C=O) groups is 1. The van der Waals surface area contributed by atoms with E-state index in [2.05, 4.69) is 84.8 Å². The Hall–Kier alpha value is -3.44. The van der Waals surface area contributed by atoms with Crippen molar-refractivity contribution in [1.29, 1.82) is 0 Å². The molecule has 3 heterocycles. The number of fused-ring (bicyclic) bond motifs is 2. The molecule has 1 aliphatic heterocycles. The number of carboxylic acids is 1. The van der Waals surface area contributed by atoms with E-state index in [4.69, 9.17) is 19.9 Å². The second-order valence-electron chi connectivity index (χ2n) is 10.5. The van der Waals surface area contributed by atoms with Crippen LogP contribution in [0.4, 0.5) is 24.9 Å². The average molecular weight is 522 g/mol. The van der Waals surface area contributed by atoms with Crippen molar-refractivity contribution in [2.45, 2.75) is 72.6 Å². The Kier molecular flexibility index (Phi) is 8.28. The summed E-state index contributed by atoms with van der Waals surface area (Å²) in [5, 5.41) is 20.6. The summed E-state index contributed by atoms with van der Waals surface area (Å²) in [6, 6.07) is 6.35. The molecule has 0 radical (unpaired) electrons. The van der Waals surface area contributed by atoms with E-state index in [1.807, 2.05) is 0 Å². The van der Waals surface area contributed by atoms with Crippen molar-refractivity contribution < 1.29 is 23.1 Å². The smallest absolute Gasteiger partial charge is 0.475 e. The molecule has 1 aliphatic rings. The zero-order chi connectivity index (χ0) is 27.5. The van der Waals surface area contributed by atoms with E-state index in [0.29, 0.717) is 0 Å². The molecular formula is C25H34F3N7O2. The van der Waals surface area contributed by atoms with Gasteiger partial charge >= 0.3 is 12.1 Å². The number of aliphatic carboxylic acids is 1. The maximum Gasteiger partial charge on any atom is 0.490 e. The summed E-state index contributed by atoms with van der Waals surface area (Å²) in [4.78, 5) is 20.8. The van der Waals surface area contributed by atoms with Gasteiger partial charge in [-0.2, -0.15) is 18.2 Å². The van der Waals surface area contributed by atoms with E-state index in [1.165, 1.54) is 5.56 Å². The number of nitrogens with one attached hydrogen (secondary N) is 1. The maximum absolute atomic E-state index is 10.6. The summed E-state index contributed by atoms with van der Waals surface area (Å²) in [5.74, 6) is 0.903. The zero-order valence-electron chi connectivity index (χ0n) is 22.0. The van der Waals surface area contributed by atoms with Crippen LogP contribution in [-0.2, 0) is 17.8 Å². The Morgan fingerprint density at radius 1 is 1.22 bits per heavy atom. The van der Waals surface area contributed by atoms with Crippen molar-refractivity contribution in [3.05, 3.63) is 35.4 Å². The molecule has 0 spiro atoms. The van der Waals surface area contributed by atoms with E-state index in [1.54, 1.807) is 0 Å². The zero-order valence-corrected chi connectivity index (χ0v) is 22.0. The van der Waals surface area contributed by atoms with Crippen LogP contribution in [0.25, 0.3) is 10.9 Å². The fourth-order valence-electron chi connectivity index (χ4n) is 3.87. The molecule has 0 saturated heterocycles. The van der Waals surface area contributed by atoms with Gasteiger partial charge in [-0.3, -0.25) is 0 Å². The van der Waals surface area contributed by atoms with Gasteiger partial charge in [-0.05, 0) is 49.8 Å². The standard InChI is InChI=1S/C23H33N7.C2HF3O2/c1-15-9-10-17-18(14-15)25-22(29(6)13-11-23(3,4)5)26-20(17)24-16(2)21-28-27-19-8-7-12-30(19)21;3-2(4,5)1(6)7/h9-10,14,16H,7-8,11-13H2,1-6H3,(H,24,25,26);(H,6,7). The number of alkyl halides is 3. The molecule has 1 atom stereocenters. The number of halogens is 3. The molecule has 9 nitrogen and oxygen atoms in total. The molecule has 0 saturated carbocycles. The van der Waals surface area contributed by atoms with Crippen LogP contribution in [0, 0.1) is 12.3 Å². The lowest BCUT2D eigenvalue weighted by molar-refractivity contribution is -0.192. The number of nitrogens with zero attached hydrogens (tertiary/aromatic N) is 6. The van der Waals surface area contributed by atoms with Crippen LogP contribution in [-0.4, -0.2) is 55.6 Å². The van der Waals surface area contributed by atoms with Crippen molar-refractivity contribution in [3.8, 4) is 0 Å². The second kappa shape index (κ2) is 10.9. The van der Waals surface area contributed by atoms with Crippen LogP contribution >= 0.6 is 0 Å². The Morgan fingerprint density at radius 3 is 2.51 bits per heavy atom. The van der Waals surface area contributed by atoms with Gasteiger partial charge in [0.2, 0.25) is 5.95 Å². The number of carboxylic acid groups (broad SMARTS) is 1. The number of anilines is 2. The minimum Gasteiger partial charge on any atom is -0.475 e. The molecule has 2 N–H and O–H groups in total. The molecule has 3 aromatic rings. The third kappa shape index (κ3) is 7.30. The molecule has 0 amide bonds. The van der Waals surface area contributed by atoms with Gasteiger partial charge in [-0.1, -0.05) is 26.8 Å². The first-order chi connectivity index (χ1) is 17.2. The van der Waals surface area contributed by atoms with Crippen molar-refractivity contribution in [3.63, 3.8) is 0 Å². The highest BCUT2D eigenvalue weighted by molar-refractivity contribution is 5.90.